The fourth-order valence-corrected chi connectivity index (χ4v) is 4.25. The summed E-state index contributed by atoms with van der Waals surface area (Å²) in [5, 5.41) is 28.6. The number of pyridine rings is 1. The summed E-state index contributed by atoms with van der Waals surface area (Å²) < 4.78 is 10.6. The van der Waals surface area contributed by atoms with Gasteiger partial charge in [0.15, 0.2) is 0 Å². The quantitative estimate of drug-likeness (QED) is 0.259. The number of aromatic nitrogens is 1. The molecule has 0 aliphatic carbocycles. The molecule has 0 fully saturated rings. The number of hydrogen-bond acceptors (Lipinski definition) is 8. The highest BCUT2D eigenvalue weighted by molar-refractivity contribution is 7.79. The average molecular weight is 559 g/mol. The first-order valence-electron chi connectivity index (χ1n) is 12.4. The molecular weight excluding hydrogens is 516 g/mol. The van der Waals surface area contributed by atoms with Gasteiger partial charge in [-0.05, 0) is 86.9 Å². The highest BCUT2D eigenvalue weighted by Crippen LogP contribution is 2.46. The van der Waals surface area contributed by atoms with Gasteiger partial charge in [0.1, 0.15) is 11.5 Å². The van der Waals surface area contributed by atoms with E-state index in [9.17, 15) is 9.90 Å². The van der Waals surface area contributed by atoms with Crippen molar-refractivity contribution in [1.29, 1.82) is 0 Å². The van der Waals surface area contributed by atoms with Crippen molar-refractivity contribution in [2.24, 2.45) is 0 Å². The van der Waals surface area contributed by atoms with Crippen molar-refractivity contribution >= 4 is 24.3 Å². The maximum Gasteiger partial charge on any atom is 0.307 e. The number of nitrogens with zero attached hydrogens (tertiary/aromatic N) is 1. The first kappa shape index (κ1) is 33.8. The minimum atomic E-state index is -0.855. The molecule has 0 atom stereocenters. The maximum atomic E-state index is 11.7. The molecule has 9 heteroatoms. The van der Waals surface area contributed by atoms with E-state index in [1.165, 1.54) is 0 Å². The van der Waals surface area contributed by atoms with Crippen LogP contribution in [0, 0.1) is 13.8 Å². The van der Waals surface area contributed by atoms with Gasteiger partial charge >= 0.3 is 5.97 Å². The number of thiol groups is 1. The number of aliphatic carboxylic acids is 1. The number of carbonyl (C=O) groups is 1. The van der Waals surface area contributed by atoms with Gasteiger partial charge in [0, 0.05) is 30.5 Å². The molecule has 0 saturated carbocycles. The van der Waals surface area contributed by atoms with Crippen LogP contribution in [0.4, 0.5) is 5.69 Å². The van der Waals surface area contributed by atoms with Crippen LogP contribution in [-0.2, 0) is 17.8 Å². The zero-order valence-electron chi connectivity index (χ0n) is 24.3. The Morgan fingerprint density at radius 2 is 1.54 bits per heavy atom. The predicted molar refractivity (Wildman–Crippen MR) is 161 cm³/mol. The lowest BCUT2D eigenvalue weighted by atomic mass is 9.82. The number of nitrogens with one attached hydrogen (secondary N) is 1. The second-order valence-electron chi connectivity index (χ2n) is 9.56. The Kier molecular flexibility index (Phi) is 13.3. The van der Waals surface area contributed by atoms with Gasteiger partial charge in [-0.15, -0.1) is 0 Å². The maximum absolute atomic E-state index is 11.7. The molecule has 0 bridgehead atoms. The summed E-state index contributed by atoms with van der Waals surface area (Å²) in [6.07, 6.45) is 3.37. The summed E-state index contributed by atoms with van der Waals surface area (Å²) in [6.45, 7) is 9.85. The highest BCUT2D eigenvalue weighted by Gasteiger charge is 2.27. The van der Waals surface area contributed by atoms with Gasteiger partial charge in [0.2, 0.25) is 0 Å². The smallest absolute Gasteiger partial charge is 0.307 e. The Labute approximate surface area is 237 Å². The van der Waals surface area contributed by atoms with Crippen LogP contribution in [0.2, 0.25) is 0 Å². The molecule has 2 aromatic carbocycles. The second-order valence-corrected chi connectivity index (χ2v) is 9.56. The normalized spacial score (nSPS) is 11.0. The van der Waals surface area contributed by atoms with E-state index in [0.717, 1.165) is 63.2 Å². The number of anilines is 1. The van der Waals surface area contributed by atoms with E-state index in [1.54, 1.807) is 47.4 Å². The Morgan fingerprint density at radius 1 is 1.00 bits per heavy atom. The fraction of sp³-hybridized carbons (Fsp3) is 0.400. The third kappa shape index (κ3) is 8.88. The number of carboxylic acids is 1. The van der Waals surface area contributed by atoms with E-state index in [4.69, 9.17) is 19.7 Å². The van der Waals surface area contributed by atoms with Crippen LogP contribution in [0.3, 0.4) is 0 Å². The molecule has 2 heterocycles. The molecule has 8 nitrogen and oxygen atoms in total. The van der Waals surface area contributed by atoms with E-state index in [0.29, 0.717) is 12.3 Å². The Hall–Kier alpha value is -3.27. The fourth-order valence-electron chi connectivity index (χ4n) is 4.25. The van der Waals surface area contributed by atoms with Crippen molar-refractivity contribution in [3.8, 4) is 33.9 Å². The first-order valence-corrected chi connectivity index (χ1v) is 13.2. The number of aliphatic hydroxyl groups excluding tert-OH is 1. The monoisotopic (exact) mass is 558 g/mol. The lowest BCUT2D eigenvalue weighted by Gasteiger charge is -2.28. The zero-order valence-corrected chi connectivity index (χ0v) is 25.2. The number of hydrogen-bond donors (Lipinski definition) is 5. The Morgan fingerprint density at radius 3 is 2.03 bits per heavy atom. The van der Waals surface area contributed by atoms with Gasteiger partial charge in [-0.3, -0.25) is 9.78 Å². The van der Waals surface area contributed by atoms with Gasteiger partial charge < -0.3 is 30.1 Å². The van der Waals surface area contributed by atoms with Crippen LogP contribution in [0.1, 0.15) is 43.0 Å². The van der Waals surface area contributed by atoms with Crippen molar-refractivity contribution < 1.29 is 29.6 Å². The van der Waals surface area contributed by atoms with Crippen molar-refractivity contribution in [3.63, 3.8) is 0 Å². The standard InChI is InChI=1S/C24H24N2O4.C4H10O.CH4O.CH4S/c1-13-19(10-20(27)28)21(15-5-7-17(29-3)8-6-15)14(2)22-23(13)25-11-16-9-18(30-4)12-26-24(16)22;1-4(2,3)5;2*1-2/h5-9,12,25H,10-11H2,1-4H3,(H,27,28);5H,1-3H3;2*2H,1H3. The van der Waals surface area contributed by atoms with Crippen LogP contribution < -0.4 is 14.8 Å². The largest absolute Gasteiger partial charge is 0.497 e. The van der Waals surface area contributed by atoms with Gasteiger partial charge in [0.25, 0.3) is 0 Å². The van der Waals surface area contributed by atoms with Crippen molar-refractivity contribution in [3.05, 3.63) is 58.8 Å². The van der Waals surface area contributed by atoms with Crippen LogP contribution in [0.5, 0.6) is 11.5 Å². The first-order chi connectivity index (χ1) is 18.4. The summed E-state index contributed by atoms with van der Waals surface area (Å²) in [7, 11) is 4.25. The van der Waals surface area contributed by atoms with E-state index < -0.39 is 11.6 Å². The van der Waals surface area contributed by atoms with Crippen molar-refractivity contribution in [2.75, 3.05) is 32.9 Å². The van der Waals surface area contributed by atoms with Crippen LogP contribution in [0.15, 0.2) is 36.5 Å². The van der Waals surface area contributed by atoms with Crippen molar-refractivity contribution in [2.45, 2.75) is 53.2 Å². The molecule has 1 aliphatic rings. The molecule has 4 rings (SSSR count). The predicted octanol–water partition coefficient (Wildman–Crippen LogP) is 5.53. The molecule has 0 saturated heterocycles. The summed E-state index contributed by atoms with van der Waals surface area (Å²) in [4.78, 5) is 16.4. The third-order valence-electron chi connectivity index (χ3n) is 5.71. The van der Waals surface area contributed by atoms with Crippen LogP contribution >= 0.6 is 12.6 Å². The molecule has 0 amide bonds. The Bertz CT molecular complexity index is 1230. The number of ether oxygens (including phenoxy) is 2. The molecule has 39 heavy (non-hydrogen) atoms. The number of carboxylic acid groups (broad SMARTS) is 1. The number of benzene rings is 2. The van der Waals surface area contributed by atoms with Crippen LogP contribution in [0.25, 0.3) is 22.4 Å². The molecular formula is C30H42N2O6S. The van der Waals surface area contributed by atoms with E-state index in [-0.39, 0.29) is 6.42 Å². The van der Waals surface area contributed by atoms with Gasteiger partial charge in [-0.25, -0.2) is 0 Å². The molecule has 0 radical (unpaired) electrons. The zero-order chi connectivity index (χ0) is 29.9. The SMILES string of the molecule is CC(C)(C)O.CO.COc1ccc(-c2c(C)c3c(c(C)c2CC(=O)O)NCc2cc(OC)cnc2-3)cc1.CS. The number of aliphatic hydroxyl groups is 2. The minimum Gasteiger partial charge on any atom is -0.497 e. The van der Waals surface area contributed by atoms with Gasteiger partial charge in [-0.1, -0.05) is 12.1 Å². The molecule has 0 unspecified atom stereocenters. The van der Waals surface area contributed by atoms with E-state index in [2.05, 4.69) is 22.9 Å². The summed E-state index contributed by atoms with van der Waals surface area (Å²) in [6, 6.07) is 9.71. The minimum absolute atomic E-state index is 0.0497. The lowest BCUT2D eigenvalue weighted by Crippen LogP contribution is -2.16. The lowest BCUT2D eigenvalue weighted by molar-refractivity contribution is -0.136. The summed E-state index contributed by atoms with van der Waals surface area (Å²) in [5.41, 5.74) is 8.06. The van der Waals surface area contributed by atoms with E-state index in [1.807, 2.05) is 44.2 Å². The molecule has 1 aromatic heterocycles. The number of methoxy groups -OCH3 is 2. The molecule has 1 aliphatic heterocycles. The Balaban J connectivity index is 0.000000748. The van der Waals surface area contributed by atoms with Gasteiger partial charge in [-0.2, -0.15) is 12.6 Å². The summed E-state index contributed by atoms with van der Waals surface area (Å²) in [5.74, 6) is 0.615. The van der Waals surface area contributed by atoms with Gasteiger partial charge in [0.05, 0.1) is 38.1 Å². The third-order valence-corrected chi connectivity index (χ3v) is 5.71. The van der Waals surface area contributed by atoms with E-state index >= 15 is 0 Å². The molecule has 0 spiro atoms. The number of rotatable bonds is 5. The second kappa shape index (κ2) is 15.4. The molecule has 4 N–H and O–H groups in total. The topological polar surface area (TPSA) is 121 Å². The summed E-state index contributed by atoms with van der Waals surface area (Å²) >= 11 is 3.53. The van der Waals surface area contributed by atoms with Crippen molar-refractivity contribution in [1.82, 2.24) is 4.98 Å². The highest BCUT2D eigenvalue weighted by atomic mass is 32.1. The molecule has 214 valence electrons. The molecule has 3 aromatic rings. The van der Waals surface area contributed by atoms with Crippen LogP contribution in [-0.4, -0.2) is 59.5 Å². The number of fused-ring (bicyclic) bond motifs is 3. The average Bonchev–Trinajstić information content (AvgIpc) is 2.92.